The molecule has 4 rings (SSSR count). The molecule has 0 bridgehead atoms. The summed E-state index contributed by atoms with van der Waals surface area (Å²) in [5.74, 6) is 0.431. The van der Waals surface area contributed by atoms with Gasteiger partial charge in [0.1, 0.15) is 17.3 Å². The molecule has 2 N–H and O–H groups in total. The molecule has 158 valence electrons. The number of aromatic hydroxyl groups is 1. The second-order valence-electron chi connectivity index (χ2n) is 6.73. The molecule has 2 aromatic carbocycles. The minimum Gasteiger partial charge on any atom is -0.508 e. The van der Waals surface area contributed by atoms with E-state index < -0.39 is 0 Å². The number of aryl methyl sites for hydroxylation is 1. The lowest BCUT2D eigenvalue weighted by atomic mass is 10.0. The Balaban J connectivity index is 0.000000806. The Morgan fingerprint density at radius 2 is 1.90 bits per heavy atom. The second-order valence-corrected chi connectivity index (χ2v) is 6.73. The molecule has 7 nitrogen and oxygen atoms in total. The highest BCUT2D eigenvalue weighted by molar-refractivity contribution is 5.89. The molecule has 3 aromatic rings. The van der Waals surface area contributed by atoms with Gasteiger partial charge in [-0.25, -0.2) is 9.37 Å². The number of morpholine rings is 1. The highest BCUT2D eigenvalue weighted by atomic mass is 19.1. The highest BCUT2D eigenvalue weighted by Gasteiger charge is 2.18. The van der Waals surface area contributed by atoms with E-state index in [1.807, 2.05) is 24.0 Å². The number of hydrogen-bond acceptors (Lipinski definition) is 6. The molecule has 1 aromatic heterocycles. The number of benzene rings is 2. The summed E-state index contributed by atoms with van der Waals surface area (Å²) in [5, 5.41) is 17.6. The van der Waals surface area contributed by atoms with E-state index >= 15 is 0 Å². The number of phenolic OH excluding ortho intramolecular Hbond substituents is 1. The standard InChI is InChI=1S/C21H21FN2O3.CH2O2/c1-13-9-18(16-10-14(25)3-4-21(16)26-2)23-19-12-17(22)20(11-15(13)19)24-5-7-27-8-6-24;2-1-3/h3-4,9-12,25H,5-8H2,1-2H3;1H,(H,2,3). The largest absolute Gasteiger partial charge is 0.508 e. The highest BCUT2D eigenvalue weighted by Crippen LogP contribution is 2.35. The average molecular weight is 414 g/mol. The van der Waals surface area contributed by atoms with Crippen molar-refractivity contribution in [1.82, 2.24) is 4.98 Å². The summed E-state index contributed by atoms with van der Waals surface area (Å²) in [6.45, 7) is 4.28. The Morgan fingerprint density at radius 3 is 2.57 bits per heavy atom. The molecule has 8 heteroatoms. The first-order valence-electron chi connectivity index (χ1n) is 9.37. The Morgan fingerprint density at radius 1 is 1.20 bits per heavy atom. The molecule has 1 saturated heterocycles. The molecule has 30 heavy (non-hydrogen) atoms. The van der Waals surface area contributed by atoms with Crippen LogP contribution in [0.1, 0.15) is 5.56 Å². The summed E-state index contributed by atoms with van der Waals surface area (Å²) in [5.41, 5.74) is 3.43. The summed E-state index contributed by atoms with van der Waals surface area (Å²) in [7, 11) is 1.57. The van der Waals surface area contributed by atoms with E-state index in [9.17, 15) is 9.50 Å². The first-order chi connectivity index (χ1) is 14.5. The quantitative estimate of drug-likeness (QED) is 0.633. The first kappa shape index (κ1) is 21.3. The van der Waals surface area contributed by atoms with Gasteiger partial charge in [-0.1, -0.05) is 0 Å². The van der Waals surface area contributed by atoms with Gasteiger partial charge in [0.2, 0.25) is 0 Å². The molecule has 2 heterocycles. The predicted octanol–water partition coefficient (Wildman–Crippen LogP) is 3.60. The van der Waals surface area contributed by atoms with Crippen LogP contribution in [-0.2, 0) is 9.53 Å². The Kier molecular flexibility index (Phi) is 6.68. The van der Waals surface area contributed by atoms with Crippen LogP contribution < -0.4 is 9.64 Å². The molecule has 0 amide bonds. The van der Waals surface area contributed by atoms with Gasteiger partial charge in [-0.05, 0) is 42.8 Å². The van der Waals surface area contributed by atoms with Crippen molar-refractivity contribution >= 4 is 23.1 Å². The number of carboxylic acid groups (broad SMARTS) is 1. The first-order valence-corrected chi connectivity index (χ1v) is 9.37. The van der Waals surface area contributed by atoms with Crippen molar-refractivity contribution in [3.8, 4) is 22.8 Å². The number of pyridine rings is 1. The molecular formula is C22H23FN2O5. The van der Waals surface area contributed by atoms with Crippen LogP contribution in [0.5, 0.6) is 11.5 Å². The van der Waals surface area contributed by atoms with Crippen molar-refractivity contribution in [3.05, 3.63) is 47.8 Å². The number of hydrogen-bond donors (Lipinski definition) is 2. The summed E-state index contributed by atoms with van der Waals surface area (Å²) in [4.78, 5) is 15.0. The van der Waals surface area contributed by atoms with Gasteiger partial charge in [-0.2, -0.15) is 0 Å². The minimum atomic E-state index is -0.295. The fourth-order valence-corrected chi connectivity index (χ4v) is 3.49. The topological polar surface area (TPSA) is 92.1 Å². The van der Waals surface area contributed by atoms with Gasteiger partial charge in [-0.3, -0.25) is 4.79 Å². The molecule has 0 spiro atoms. The number of methoxy groups -OCH3 is 1. The van der Waals surface area contributed by atoms with Crippen molar-refractivity contribution in [2.24, 2.45) is 0 Å². The van der Waals surface area contributed by atoms with Crippen LogP contribution in [-0.4, -0.2) is 55.1 Å². The lowest BCUT2D eigenvalue weighted by Crippen LogP contribution is -2.36. The lowest BCUT2D eigenvalue weighted by Gasteiger charge is -2.29. The van der Waals surface area contributed by atoms with E-state index in [4.69, 9.17) is 19.4 Å². The van der Waals surface area contributed by atoms with Gasteiger partial charge in [-0.15, -0.1) is 0 Å². The zero-order chi connectivity index (χ0) is 21.7. The molecular weight excluding hydrogens is 391 g/mol. The molecule has 0 unspecified atom stereocenters. The fourth-order valence-electron chi connectivity index (χ4n) is 3.49. The van der Waals surface area contributed by atoms with Gasteiger partial charge in [0.25, 0.3) is 6.47 Å². The molecule has 1 aliphatic heterocycles. The van der Waals surface area contributed by atoms with Gasteiger partial charge in [0.15, 0.2) is 0 Å². The van der Waals surface area contributed by atoms with E-state index in [-0.39, 0.29) is 18.0 Å². The zero-order valence-corrected chi connectivity index (χ0v) is 16.8. The Bertz CT molecular complexity index is 1050. The van der Waals surface area contributed by atoms with Crippen molar-refractivity contribution < 1.29 is 28.9 Å². The molecule has 0 aliphatic carbocycles. The number of ether oxygens (including phenoxy) is 2. The van der Waals surface area contributed by atoms with Crippen molar-refractivity contribution in [1.29, 1.82) is 0 Å². The third-order valence-electron chi connectivity index (χ3n) is 4.89. The average Bonchev–Trinajstić information content (AvgIpc) is 2.74. The number of aromatic nitrogens is 1. The van der Waals surface area contributed by atoms with Crippen LogP contribution >= 0.6 is 0 Å². The van der Waals surface area contributed by atoms with Gasteiger partial charge < -0.3 is 24.6 Å². The number of anilines is 1. The van der Waals surface area contributed by atoms with E-state index in [2.05, 4.69) is 4.98 Å². The maximum absolute atomic E-state index is 14.8. The third kappa shape index (κ3) is 4.44. The predicted molar refractivity (Wildman–Crippen MR) is 112 cm³/mol. The summed E-state index contributed by atoms with van der Waals surface area (Å²) >= 11 is 0. The van der Waals surface area contributed by atoms with E-state index in [0.717, 1.165) is 10.9 Å². The molecule has 1 aliphatic rings. The maximum atomic E-state index is 14.8. The van der Waals surface area contributed by atoms with E-state index in [0.29, 0.717) is 54.5 Å². The fraction of sp³-hybridized carbons (Fsp3) is 0.273. The molecule has 0 saturated carbocycles. The zero-order valence-electron chi connectivity index (χ0n) is 16.8. The van der Waals surface area contributed by atoms with Gasteiger partial charge >= 0.3 is 0 Å². The van der Waals surface area contributed by atoms with Gasteiger partial charge in [0.05, 0.1) is 37.2 Å². The van der Waals surface area contributed by atoms with Crippen molar-refractivity contribution in [2.45, 2.75) is 6.92 Å². The number of nitrogens with zero attached hydrogens (tertiary/aromatic N) is 2. The monoisotopic (exact) mass is 414 g/mol. The number of carbonyl (C=O) groups is 1. The van der Waals surface area contributed by atoms with Crippen molar-refractivity contribution in [3.63, 3.8) is 0 Å². The van der Waals surface area contributed by atoms with Crippen LogP contribution in [0.15, 0.2) is 36.4 Å². The summed E-state index contributed by atoms with van der Waals surface area (Å²) in [6, 6.07) is 10.1. The van der Waals surface area contributed by atoms with Crippen LogP contribution in [0.4, 0.5) is 10.1 Å². The number of fused-ring (bicyclic) bond motifs is 1. The van der Waals surface area contributed by atoms with Crippen LogP contribution in [0.3, 0.4) is 0 Å². The molecule has 0 radical (unpaired) electrons. The van der Waals surface area contributed by atoms with Crippen LogP contribution in [0, 0.1) is 12.7 Å². The van der Waals surface area contributed by atoms with Crippen molar-refractivity contribution in [2.75, 3.05) is 38.3 Å². The number of halogens is 1. The maximum Gasteiger partial charge on any atom is 0.290 e. The van der Waals surface area contributed by atoms with Crippen LogP contribution in [0.25, 0.3) is 22.2 Å². The third-order valence-corrected chi connectivity index (χ3v) is 4.89. The SMILES string of the molecule is COc1ccc(O)cc1-c1cc(C)c2cc(N3CCOCC3)c(F)cc2n1.O=CO. The minimum absolute atomic E-state index is 0.124. The van der Waals surface area contributed by atoms with Gasteiger partial charge in [0, 0.05) is 30.1 Å². The van der Waals surface area contributed by atoms with Crippen LogP contribution in [0.2, 0.25) is 0 Å². The summed E-state index contributed by atoms with van der Waals surface area (Å²) in [6.07, 6.45) is 0. The molecule has 0 atom stereocenters. The van der Waals surface area contributed by atoms with E-state index in [1.165, 1.54) is 6.07 Å². The number of phenols is 1. The smallest absolute Gasteiger partial charge is 0.290 e. The Hall–Kier alpha value is -3.39. The summed E-state index contributed by atoms with van der Waals surface area (Å²) < 4.78 is 25.5. The number of rotatable bonds is 3. The second kappa shape index (κ2) is 9.41. The lowest BCUT2D eigenvalue weighted by molar-refractivity contribution is -0.122. The van der Waals surface area contributed by atoms with E-state index in [1.54, 1.807) is 25.3 Å². The Labute approximate surface area is 173 Å². The normalized spacial score (nSPS) is 13.5. The molecule has 1 fully saturated rings.